The molecule has 11 heavy (non-hydrogen) atoms. The SMILES string of the molecule is CNC(=O)C1(Cl)C=C[CH]C=C1. The molecule has 0 fully saturated rings. The summed E-state index contributed by atoms with van der Waals surface area (Å²) in [5.74, 6) is -0.209. The van der Waals surface area contributed by atoms with Crippen molar-refractivity contribution >= 4 is 17.5 Å². The maximum Gasteiger partial charge on any atom is 0.248 e. The van der Waals surface area contributed by atoms with E-state index in [9.17, 15) is 4.79 Å². The summed E-state index contributed by atoms with van der Waals surface area (Å²) in [4.78, 5) is 10.1. The van der Waals surface area contributed by atoms with Crippen LogP contribution in [0.1, 0.15) is 0 Å². The molecule has 0 aromatic heterocycles. The van der Waals surface area contributed by atoms with Crippen LogP contribution in [0.15, 0.2) is 24.3 Å². The van der Waals surface area contributed by atoms with Gasteiger partial charge < -0.3 is 5.32 Å². The van der Waals surface area contributed by atoms with Gasteiger partial charge in [0.1, 0.15) is 0 Å². The largest absolute Gasteiger partial charge is 0.357 e. The van der Waals surface area contributed by atoms with Crippen LogP contribution < -0.4 is 5.32 Å². The van der Waals surface area contributed by atoms with Gasteiger partial charge in [0, 0.05) is 13.5 Å². The van der Waals surface area contributed by atoms with E-state index in [1.165, 1.54) is 0 Å². The number of carbonyl (C=O) groups excluding carboxylic acids is 1. The lowest BCUT2D eigenvalue weighted by atomic mass is 10.0. The molecule has 2 nitrogen and oxygen atoms in total. The van der Waals surface area contributed by atoms with Gasteiger partial charge in [0.25, 0.3) is 0 Å². The van der Waals surface area contributed by atoms with Crippen molar-refractivity contribution in [2.24, 2.45) is 0 Å². The van der Waals surface area contributed by atoms with E-state index in [4.69, 9.17) is 11.6 Å². The Balaban J connectivity index is 2.80. The fourth-order valence-electron chi connectivity index (χ4n) is 0.854. The first-order valence-electron chi connectivity index (χ1n) is 3.30. The van der Waals surface area contributed by atoms with Gasteiger partial charge in [0.2, 0.25) is 5.91 Å². The molecule has 1 N–H and O–H groups in total. The number of rotatable bonds is 1. The van der Waals surface area contributed by atoms with E-state index in [2.05, 4.69) is 5.32 Å². The van der Waals surface area contributed by atoms with Crippen molar-refractivity contribution < 1.29 is 4.79 Å². The van der Waals surface area contributed by atoms with E-state index in [1.54, 1.807) is 31.4 Å². The monoisotopic (exact) mass is 170 g/mol. The Labute approximate surface area is 70.9 Å². The van der Waals surface area contributed by atoms with Crippen LogP contribution in [0.4, 0.5) is 0 Å². The molecular weight excluding hydrogens is 162 g/mol. The van der Waals surface area contributed by atoms with Gasteiger partial charge in [-0.3, -0.25) is 4.79 Å². The molecule has 3 heteroatoms. The molecule has 1 aliphatic rings. The standard InChI is InChI=1S/C8H9ClNO/c1-10-7(11)8(9)5-3-2-4-6-8/h2-6H,1H3,(H,10,11). The summed E-state index contributed by atoms with van der Waals surface area (Å²) < 4.78 is 0. The van der Waals surface area contributed by atoms with Gasteiger partial charge in [-0.2, -0.15) is 0 Å². The van der Waals surface area contributed by atoms with Crippen molar-refractivity contribution in [1.82, 2.24) is 5.32 Å². The Kier molecular flexibility index (Phi) is 2.35. The first-order chi connectivity index (χ1) is 5.19. The number of allylic oxidation sites excluding steroid dienone is 2. The fourth-order valence-corrected chi connectivity index (χ4v) is 1.09. The zero-order valence-electron chi connectivity index (χ0n) is 6.17. The smallest absolute Gasteiger partial charge is 0.248 e. The summed E-state index contributed by atoms with van der Waals surface area (Å²) in [5.41, 5.74) is 0. The summed E-state index contributed by atoms with van der Waals surface area (Å²) in [6.45, 7) is 0. The number of halogens is 1. The fraction of sp³-hybridized carbons (Fsp3) is 0.250. The quantitative estimate of drug-likeness (QED) is 0.586. The summed E-state index contributed by atoms with van der Waals surface area (Å²) in [5, 5.41) is 2.49. The normalized spacial score (nSPS) is 19.8. The molecule has 0 unspecified atom stereocenters. The lowest BCUT2D eigenvalue weighted by Gasteiger charge is -2.18. The zero-order chi connectivity index (χ0) is 8.32. The third-order valence-electron chi connectivity index (χ3n) is 1.47. The third kappa shape index (κ3) is 1.63. The van der Waals surface area contributed by atoms with Crippen molar-refractivity contribution in [3.63, 3.8) is 0 Å². The second kappa shape index (κ2) is 3.09. The van der Waals surface area contributed by atoms with E-state index in [0.717, 1.165) is 0 Å². The average molecular weight is 171 g/mol. The molecule has 0 saturated heterocycles. The highest BCUT2D eigenvalue weighted by Crippen LogP contribution is 2.22. The Hall–Kier alpha value is -0.760. The number of hydrogen-bond acceptors (Lipinski definition) is 1. The Morgan fingerprint density at radius 1 is 1.45 bits per heavy atom. The molecule has 0 aliphatic heterocycles. The van der Waals surface area contributed by atoms with Gasteiger partial charge in [-0.15, -0.1) is 0 Å². The van der Waals surface area contributed by atoms with Crippen LogP contribution in [-0.2, 0) is 4.79 Å². The maximum atomic E-state index is 11.1. The molecule has 0 aromatic carbocycles. The number of amides is 1. The van der Waals surface area contributed by atoms with Gasteiger partial charge >= 0.3 is 0 Å². The highest BCUT2D eigenvalue weighted by molar-refractivity contribution is 6.38. The van der Waals surface area contributed by atoms with Crippen LogP contribution in [0.3, 0.4) is 0 Å². The molecule has 0 bridgehead atoms. The van der Waals surface area contributed by atoms with Crippen LogP contribution in [0.5, 0.6) is 0 Å². The zero-order valence-corrected chi connectivity index (χ0v) is 6.93. The molecule has 0 spiro atoms. The minimum absolute atomic E-state index is 0.209. The van der Waals surface area contributed by atoms with Crippen molar-refractivity contribution in [3.05, 3.63) is 30.7 Å². The number of alkyl halides is 1. The number of nitrogens with one attached hydrogen (secondary N) is 1. The maximum absolute atomic E-state index is 11.1. The molecule has 0 aromatic rings. The highest BCUT2D eigenvalue weighted by atomic mass is 35.5. The number of hydrogen-bond donors (Lipinski definition) is 1. The minimum atomic E-state index is -0.983. The lowest BCUT2D eigenvalue weighted by molar-refractivity contribution is -0.121. The summed E-state index contributed by atoms with van der Waals surface area (Å²) in [7, 11) is 1.56. The molecule has 1 amide bonds. The summed E-state index contributed by atoms with van der Waals surface area (Å²) in [6.07, 6.45) is 8.62. The second-order valence-corrected chi connectivity index (χ2v) is 2.88. The van der Waals surface area contributed by atoms with Crippen LogP contribution in [0, 0.1) is 6.42 Å². The molecule has 0 heterocycles. The van der Waals surface area contributed by atoms with Crippen LogP contribution in [0.25, 0.3) is 0 Å². The van der Waals surface area contributed by atoms with E-state index in [0.29, 0.717) is 0 Å². The van der Waals surface area contributed by atoms with Gasteiger partial charge in [-0.05, 0) is 0 Å². The highest BCUT2D eigenvalue weighted by Gasteiger charge is 2.29. The van der Waals surface area contributed by atoms with Crippen LogP contribution >= 0.6 is 11.6 Å². The first kappa shape index (κ1) is 8.34. The molecule has 59 valence electrons. The Bertz CT molecular complexity index is 208. The van der Waals surface area contributed by atoms with Crippen molar-refractivity contribution in [2.45, 2.75) is 4.87 Å². The van der Waals surface area contributed by atoms with Gasteiger partial charge in [-0.1, -0.05) is 35.9 Å². The molecule has 1 aliphatic carbocycles. The first-order valence-corrected chi connectivity index (χ1v) is 3.68. The van der Waals surface area contributed by atoms with Crippen LogP contribution in [0.2, 0.25) is 0 Å². The molecular formula is C8H9ClNO. The van der Waals surface area contributed by atoms with Gasteiger partial charge in [0.05, 0.1) is 0 Å². The van der Waals surface area contributed by atoms with Crippen LogP contribution in [-0.4, -0.2) is 17.8 Å². The Morgan fingerprint density at radius 3 is 2.45 bits per heavy atom. The lowest BCUT2D eigenvalue weighted by Crippen LogP contribution is -2.38. The van der Waals surface area contributed by atoms with Crippen molar-refractivity contribution in [1.29, 1.82) is 0 Å². The summed E-state index contributed by atoms with van der Waals surface area (Å²) in [6, 6.07) is 0. The number of carbonyl (C=O) groups is 1. The molecule has 0 saturated carbocycles. The van der Waals surface area contributed by atoms with E-state index >= 15 is 0 Å². The molecule has 0 atom stereocenters. The minimum Gasteiger partial charge on any atom is -0.357 e. The topological polar surface area (TPSA) is 29.1 Å². The predicted octanol–water partition coefficient (Wildman–Crippen LogP) is 1.04. The predicted molar refractivity (Wildman–Crippen MR) is 45.2 cm³/mol. The van der Waals surface area contributed by atoms with Crippen molar-refractivity contribution in [3.8, 4) is 0 Å². The molecule has 1 radical (unpaired) electrons. The average Bonchev–Trinajstić information content (AvgIpc) is 2.04. The van der Waals surface area contributed by atoms with E-state index in [1.807, 2.05) is 6.42 Å². The molecule has 1 rings (SSSR count). The van der Waals surface area contributed by atoms with Crippen molar-refractivity contribution in [2.75, 3.05) is 7.05 Å². The van der Waals surface area contributed by atoms with E-state index in [-0.39, 0.29) is 5.91 Å². The van der Waals surface area contributed by atoms with Gasteiger partial charge in [-0.25, -0.2) is 0 Å². The Morgan fingerprint density at radius 2 is 2.00 bits per heavy atom. The van der Waals surface area contributed by atoms with E-state index < -0.39 is 4.87 Å². The summed E-state index contributed by atoms with van der Waals surface area (Å²) >= 11 is 5.92. The second-order valence-electron chi connectivity index (χ2n) is 2.26. The third-order valence-corrected chi connectivity index (χ3v) is 1.90. The van der Waals surface area contributed by atoms with Gasteiger partial charge in [0.15, 0.2) is 4.87 Å².